The molecule has 0 amide bonds. The monoisotopic (exact) mass is 1070 g/mol. The van der Waals surface area contributed by atoms with Gasteiger partial charge in [0, 0.05) is 48.4 Å². The summed E-state index contributed by atoms with van der Waals surface area (Å²) in [6.45, 7) is 2.27. The number of benzene rings is 4. The molecule has 388 valence electrons. The van der Waals surface area contributed by atoms with Crippen molar-refractivity contribution in [3.63, 3.8) is 0 Å². The molecule has 0 spiro atoms. The van der Waals surface area contributed by atoms with Crippen LogP contribution in [0.1, 0.15) is 55.8 Å². The normalized spacial score (nSPS) is 17.6. The molecule has 0 aliphatic heterocycles. The van der Waals surface area contributed by atoms with Crippen molar-refractivity contribution in [2.75, 3.05) is 0 Å². The summed E-state index contributed by atoms with van der Waals surface area (Å²) >= 11 is 12.0. The summed E-state index contributed by atoms with van der Waals surface area (Å²) in [6, 6.07) is 22.7. The Bertz CT molecular complexity index is 3410. The Hall–Kier alpha value is -7.50. The van der Waals surface area contributed by atoms with Crippen LogP contribution in [0.15, 0.2) is 116 Å². The highest BCUT2D eigenvalue weighted by Gasteiger charge is 2.36. The molecule has 4 aromatic carbocycles. The van der Waals surface area contributed by atoms with Gasteiger partial charge in [0.05, 0.1) is 19.2 Å². The van der Waals surface area contributed by atoms with Gasteiger partial charge in [-0.3, -0.25) is 37.0 Å². The molecule has 17 nitrogen and oxygen atoms in total. The number of rotatable bonds is 12. The molecule has 2 aliphatic rings. The van der Waals surface area contributed by atoms with Gasteiger partial charge in [-0.25, -0.2) is 9.59 Å². The van der Waals surface area contributed by atoms with E-state index in [1.54, 1.807) is 48.5 Å². The van der Waals surface area contributed by atoms with Gasteiger partial charge in [-0.05, 0) is 91.3 Å². The Kier molecular flexibility index (Phi) is 13.9. The highest BCUT2D eigenvalue weighted by Crippen LogP contribution is 2.37. The van der Waals surface area contributed by atoms with Crippen molar-refractivity contribution in [2.24, 2.45) is 20.0 Å². The third-order valence-electron chi connectivity index (χ3n) is 12.5. The zero-order valence-corrected chi connectivity index (χ0v) is 40.6. The second-order valence-corrected chi connectivity index (χ2v) is 18.7. The first-order valence-electron chi connectivity index (χ1n) is 22.7. The number of aliphatic hydroxyl groups is 1. The van der Waals surface area contributed by atoms with Gasteiger partial charge in [0.1, 0.15) is 23.0 Å². The Balaban J connectivity index is 0.000000182. The van der Waals surface area contributed by atoms with E-state index in [1.807, 2.05) is 0 Å². The number of imidazole rings is 2. The van der Waals surface area contributed by atoms with Crippen LogP contribution < -0.4 is 41.4 Å². The first kappa shape index (κ1) is 51.4. The second kappa shape index (κ2) is 20.1. The van der Waals surface area contributed by atoms with Crippen molar-refractivity contribution in [1.82, 2.24) is 37.4 Å². The average Bonchev–Trinajstić information content (AvgIpc) is 3.84. The third-order valence-corrected chi connectivity index (χ3v) is 13.0. The standard InChI is InChI=1S/C25H22ClF3N4O4.C24H20ClF3N4O5/c1-14-10-17(11-14)33-22(34)20-21(31(2)24(33)35)30-23(32(20)13-15-6-8-16(26)9-7-15)36-18-4-3-5-19(12-18)37-25(27,28)29;1-30-20-19(21(34)32(23(30)35)15-9-16(33)10-15)31(12-13-5-7-14(25)8-6-13)22(29-20)36-17-3-2-4-18(11-17)37-24(26,27)28/h3-9,12,14,17H,10-11,13H2,1-2H3;2-8,11,15-16,33H,9-10,12H2,1H3. The lowest BCUT2D eigenvalue weighted by Crippen LogP contribution is -2.47. The van der Waals surface area contributed by atoms with Crippen molar-refractivity contribution in [3.8, 4) is 35.0 Å². The lowest BCUT2D eigenvalue weighted by atomic mass is 9.82. The molecular weight excluding hydrogens is 1030 g/mol. The van der Waals surface area contributed by atoms with Crippen molar-refractivity contribution in [2.45, 2.75) is 76.6 Å². The molecule has 25 heteroatoms. The predicted octanol–water partition coefficient (Wildman–Crippen LogP) is 9.25. The first-order chi connectivity index (χ1) is 35.0. The maximum atomic E-state index is 13.7. The number of fused-ring (bicyclic) bond motifs is 2. The number of nitrogens with zero attached hydrogens (tertiary/aromatic N) is 8. The van der Waals surface area contributed by atoms with Gasteiger partial charge in [-0.15, -0.1) is 26.3 Å². The fourth-order valence-corrected chi connectivity index (χ4v) is 9.05. The van der Waals surface area contributed by atoms with Crippen molar-refractivity contribution in [3.05, 3.63) is 160 Å². The lowest BCUT2D eigenvalue weighted by Gasteiger charge is -2.33. The van der Waals surface area contributed by atoms with E-state index in [9.17, 15) is 50.6 Å². The number of ether oxygens (including phenoxy) is 4. The maximum absolute atomic E-state index is 13.7. The van der Waals surface area contributed by atoms with E-state index in [2.05, 4.69) is 26.4 Å². The van der Waals surface area contributed by atoms with Crippen LogP contribution in [0.3, 0.4) is 0 Å². The summed E-state index contributed by atoms with van der Waals surface area (Å²) in [5, 5.41) is 10.8. The fraction of sp³-hybridized carbons (Fsp3) is 0.306. The largest absolute Gasteiger partial charge is 0.573 e. The van der Waals surface area contributed by atoms with Crippen molar-refractivity contribution >= 4 is 45.5 Å². The maximum Gasteiger partial charge on any atom is 0.573 e. The summed E-state index contributed by atoms with van der Waals surface area (Å²) in [4.78, 5) is 62.1. The van der Waals surface area contributed by atoms with Crippen LogP contribution >= 0.6 is 23.2 Å². The van der Waals surface area contributed by atoms with Crippen LogP contribution in [0.25, 0.3) is 22.3 Å². The molecule has 0 atom stereocenters. The Morgan fingerprint density at radius 1 is 0.581 bits per heavy atom. The zero-order chi connectivity index (χ0) is 53.0. The second-order valence-electron chi connectivity index (χ2n) is 17.9. The van der Waals surface area contributed by atoms with Crippen LogP contribution in [0, 0.1) is 5.92 Å². The number of aryl methyl sites for hydroxylation is 2. The molecule has 0 saturated heterocycles. The van der Waals surface area contributed by atoms with E-state index in [-0.39, 0.29) is 77.8 Å². The van der Waals surface area contributed by atoms with Gasteiger partial charge in [-0.1, -0.05) is 66.5 Å². The summed E-state index contributed by atoms with van der Waals surface area (Å²) in [7, 11) is 2.97. The molecule has 2 saturated carbocycles. The number of aliphatic hydroxyl groups excluding tert-OH is 1. The summed E-state index contributed by atoms with van der Waals surface area (Å²) in [5.74, 6) is -0.585. The van der Waals surface area contributed by atoms with E-state index in [0.29, 0.717) is 28.8 Å². The Labute approximate surface area is 423 Å². The highest BCUT2D eigenvalue weighted by atomic mass is 35.5. The van der Waals surface area contributed by atoms with E-state index in [0.717, 1.165) is 40.0 Å². The number of hydrogen-bond acceptors (Lipinski definition) is 11. The number of aromatic nitrogens is 8. The first-order valence-corrected chi connectivity index (χ1v) is 23.4. The molecule has 8 aromatic rings. The van der Waals surface area contributed by atoms with Crippen LogP contribution in [0.2, 0.25) is 10.0 Å². The zero-order valence-electron chi connectivity index (χ0n) is 39.1. The van der Waals surface area contributed by atoms with Gasteiger partial charge in [0.15, 0.2) is 22.3 Å². The topological polar surface area (TPSA) is 181 Å². The molecule has 0 unspecified atom stereocenters. The van der Waals surface area contributed by atoms with Gasteiger partial charge < -0.3 is 24.1 Å². The highest BCUT2D eigenvalue weighted by molar-refractivity contribution is 6.30. The molecule has 10 rings (SSSR count). The summed E-state index contributed by atoms with van der Waals surface area (Å²) in [5.41, 5.74) is -0.355. The summed E-state index contributed by atoms with van der Waals surface area (Å²) in [6.07, 6.45) is -8.41. The predicted molar refractivity (Wildman–Crippen MR) is 258 cm³/mol. The van der Waals surface area contributed by atoms with Crippen LogP contribution in [0.5, 0.6) is 35.0 Å². The van der Waals surface area contributed by atoms with Crippen LogP contribution in [0.4, 0.5) is 26.3 Å². The van der Waals surface area contributed by atoms with Crippen molar-refractivity contribution in [1.29, 1.82) is 0 Å². The Morgan fingerprint density at radius 2 is 0.946 bits per heavy atom. The fourth-order valence-electron chi connectivity index (χ4n) is 8.80. The smallest absolute Gasteiger partial charge is 0.425 e. The van der Waals surface area contributed by atoms with Gasteiger partial charge in [0.2, 0.25) is 0 Å². The quantitative estimate of drug-likeness (QED) is 0.115. The molecule has 2 fully saturated rings. The SMILES string of the molecule is CC1CC(n2c(=O)c3c(nc(Oc4cccc(OC(F)(F)F)c4)n3Cc3ccc(Cl)cc3)n(C)c2=O)C1.Cn1c(=O)n(C2CC(O)C2)c(=O)c2c1nc(Oc1cccc(OC(F)(F)F)c1)n2Cc1ccc(Cl)cc1. The van der Waals surface area contributed by atoms with E-state index < -0.39 is 58.9 Å². The minimum atomic E-state index is -4.89. The number of alkyl halides is 6. The van der Waals surface area contributed by atoms with Gasteiger partial charge >= 0.3 is 36.1 Å². The number of hydrogen-bond donors (Lipinski definition) is 1. The minimum Gasteiger partial charge on any atom is -0.425 e. The molecule has 0 bridgehead atoms. The van der Waals surface area contributed by atoms with E-state index in [4.69, 9.17) is 32.7 Å². The molecule has 2 aliphatic carbocycles. The summed E-state index contributed by atoms with van der Waals surface area (Å²) < 4.78 is 104. The molecule has 4 heterocycles. The molecule has 0 radical (unpaired) electrons. The van der Waals surface area contributed by atoms with E-state index in [1.165, 1.54) is 61.2 Å². The molecule has 1 N–H and O–H groups in total. The van der Waals surface area contributed by atoms with E-state index >= 15 is 0 Å². The molecule has 74 heavy (non-hydrogen) atoms. The van der Waals surface area contributed by atoms with Crippen LogP contribution in [-0.2, 0) is 27.2 Å². The minimum absolute atomic E-state index is 0.00700. The van der Waals surface area contributed by atoms with Crippen LogP contribution in [-0.4, -0.2) is 61.3 Å². The lowest BCUT2D eigenvalue weighted by molar-refractivity contribution is -0.275. The van der Waals surface area contributed by atoms with Crippen molar-refractivity contribution < 1.29 is 50.4 Å². The molecule has 4 aromatic heterocycles. The number of halogens is 8. The third kappa shape index (κ3) is 10.9. The average molecular weight is 1070 g/mol. The van der Waals surface area contributed by atoms with Gasteiger partial charge in [0.25, 0.3) is 11.1 Å². The molecular formula is C49H42Cl2F6N8O9. The van der Waals surface area contributed by atoms with Gasteiger partial charge in [-0.2, -0.15) is 9.97 Å². The Morgan fingerprint density at radius 3 is 1.30 bits per heavy atom.